The predicted octanol–water partition coefficient (Wildman–Crippen LogP) is 4.24. The van der Waals surface area contributed by atoms with E-state index in [2.05, 4.69) is 0 Å². The van der Waals surface area contributed by atoms with Crippen LogP contribution in [0.2, 0.25) is 0 Å². The molecule has 0 saturated carbocycles. The van der Waals surface area contributed by atoms with E-state index >= 15 is 0 Å². The maximum Gasteiger partial charge on any atom is 0.303 e. The average molecular weight is 411 g/mol. The molecule has 27 heavy (non-hydrogen) atoms. The molecule has 0 aromatic heterocycles. The number of carboxylic acid groups (broad SMARTS) is 2. The van der Waals surface area contributed by atoms with Gasteiger partial charge in [0.05, 0.1) is 0 Å². The fraction of sp³-hybridized carbons (Fsp3) is 0.500. The van der Waals surface area contributed by atoms with Gasteiger partial charge >= 0.3 is 11.9 Å². The Morgan fingerprint density at radius 3 is 1.81 bits per heavy atom. The van der Waals surface area contributed by atoms with E-state index in [9.17, 15) is 14.7 Å². The Balaban J connectivity index is 3.10. The van der Waals surface area contributed by atoms with Crippen LogP contribution in [0.15, 0.2) is 12.1 Å². The first kappa shape index (κ1) is 23.2. The summed E-state index contributed by atoms with van der Waals surface area (Å²) in [4.78, 5) is 22.7. The van der Waals surface area contributed by atoms with Crippen molar-refractivity contribution in [2.24, 2.45) is 0 Å². The lowest BCUT2D eigenvalue weighted by Gasteiger charge is -2.24. The molecule has 1 aromatic carbocycles. The molecule has 5 nitrogen and oxygen atoms in total. The smallest absolute Gasteiger partial charge is 0.303 e. The van der Waals surface area contributed by atoms with E-state index in [1.54, 1.807) is 0 Å². The maximum atomic E-state index is 10.7. The highest BCUT2D eigenvalue weighted by molar-refractivity contribution is 7.80. The van der Waals surface area contributed by atoms with Crippen LogP contribution in [-0.4, -0.2) is 37.0 Å². The van der Waals surface area contributed by atoms with Gasteiger partial charge in [-0.3, -0.25) is 9.59 Å². The van der Waals surface area contributed by atoms with Gasteiger partial charge in [-0.05, 0) is 44.7 Å². The number of benzene rings is 1. The lowest BCUT2D eigenvalue weighted by atomic mass is 9.82. The molecule has 0 aliphatic rings. The predicted molar refractivity (Wildman–Crippen MR) is 113 cm³/mol. The molecule has 0 spiro atoms. The van der Waals surface area contributed by atoms with E-state index in [-0.39, 0.29) is 30.4 Å². The lowest BCUT2D eigenvalue weighted by Crippen LogP contribution is -2.15. The Morgan fingerprint density at radius 2 is 1.37 bits per heavy atom. The van der Waals surface area contributed by atoms with Crippen molar-refractivity contribution >= 4 is 46.1 Å². The van der Waals surface area contributed by atoms with E-state index in [1.807, 2.05) is 32.9 Å². The third-order valence-corrected chi connectivity index (χ3v) is 4.78. The summed E-state index contributed by atoms with van der Waals surface area (Å²) >= 11 is 10.6. The van der Waals surface area contributed by atoms with Gasteiger partial charge in [0, 0.05) is 25.7 Å². The van der Waals surface area contributed by atoms with Gasteiger partial charge in [0.25, 0.3) is 0 Å². The van der Waals surface area contributed by atoms with Gasteiger partial charge in [0.2, 0.25) is 0 Å². The summed E-state index contributed by atoms with van der Waals surface area (Å²) in [6, 6.07) is 3.72. The number of carboxylic acids is 2. The van der Waals surface area contributed by atoms with E-state index in [4.69, 9.17) is 34.6 Å². The van der Waals surface area contributed by atoms with Crippen LogP contribution >= 0.6 is 24.4 Å². The summed E-state index contributed by atoms with van der Waals surface area (Å²) in [5, 5.41) is 28.3. The largest absolute Gasteiger partial charge is 0.507 e. The molecule has 0 amide bonds. The standard InChI is InChI=1S/C20H26O5S2/c1-20(2,3)16-10-12(9-14(26)4-6-17(21)22)8-13(19(16)25)11-15(27)5-7-18(23)24/h8,10,25H,4-7,9,11H2,1-3H3,(H,21,22)(H,23,24). The number of carbonyl (C=O) groups is 2. The number of hydrogen-bond donors (Lipinski definition) is 3. The van der Waals surface area contributed by atoms with Crippen molar-refractivity contribution < 1.29 is 24.9 Å². The maximum absolute atomic E-state index is 10.7. The minimum atomic E-state index is -0.908. The minimum Gasteiger partial charge on any atom is -0.507 e. The number of thiocarbonyl (C=S) groups is 2. The summed E-state index contributed by atoms with van der Waals surface area (Å²) in [7, 11) is 0. The number of phenols is 1. The number of hydrogen-bond acceptors (Lipinski definition) is 5. The first-order valence-corrected chi connectivity index (χ1v) is 9.54. The quantitative estimate of drug-likeness (QED) is 0.497. The SMILES string of the molecule is CC(C)(C)c1cc(CC(=S)CCC(=O)O)cc(CC(=S)CCC(=O)O)c1O. The monoisotopic (exact) mass is 410 g/mol. The second kappa shape index (κ2) is 9.90. The van der Waals surface area contributed by atoms with Crippen molar-refractivity contribution in [1.82, 2.24) is 0 Å². The Bertz CT molecular complexity index is 747. The second-order valence-electron chi connectivity index (χ2n) is 7.62. The molecule has 0 aliphatic heterocycles. The normalized spacial score (nSPS) is 11.2. The summed E-state index contributed by atoms with van der Waals surface area (Å²) in [5.74, 6) is -1.63. The van der Waals surface area contributed by atoms with Crippen LogP contribution in [0.5, 0.6) is 5.75 Å². The Morgan fingerprint density at radius 1 is 0.889 bits per heavy atom. The highest BCUT2D eigenvalue weighted by Gasteiger charge is 2.22. The highest BCUT2D eigenvalue weighted by atomic mass is 32.1. The number of aromatic hydroxyl groups is 1. The molecule has 0 aliphatic carbocycles. The van der Waals surface area contributed by atoms with Gasteiger partial charge in [-0.1, -0.05) is 57.3 Å². The van der Waals surface area contributed by atoms with Crippen molar-refractivity contribution in [3.63, 3.8) is 0 Å². The van der Waals surface area contributed by atoms with Gasteiger partial charge in [0.15, 0.2) is 0 Å². The lowest BCUT2D eigenvalue weighted by molar-refractivity contribution is -0.137. The fourth-order valence-electron chi connectivity index (χ4n) is 2.68. The minimum absolute atomic E-state index is 0.00479. The van der Waals surface area contributed by atoms with Crippen LogP contribution < -0.4 is 0 Å². The van der Waals surface area contributed by atoms with Crippen molar-refractivity contribution in [1.29, 1.82) is 0 Å². The van der Waals surface area contributed by atoms with Crippen LogP contribution in [0.25, 0.3) is 0 Å². The zero-order chi connectivity index (χ0) is 20.8. The van der Waals surface area contributed by atoms with Crippen molar-refractivity contribution in [2.75, 3.05) is 0 Å². The summed E-state index contributed by atoms with van der Waals surface area (Å²) in [5.41, 5.74) is 2.00. The van der Waals surface area contributed by atoms with Crippen molar-refractivity contribution in [3.05, 3.63) is 28.8 Å². The molecule has 148 valence electrons. The topological polar surface area (TPSA) is 94.8 Å². The molecular weight excluding hydrogens is 384 g/mol. The number of phenolic OH excluding ortho intramolecular Hbond substituents is 1. The Hall–Kier alpha value is -1.86. The molecular formula is C20H26O5S2. The van der Waals surface area contributed by atoms with Gasteiger partial charge < -0.3 is 15.3 Å². The first-order chi connectivity index (χ1) is 12.4. The van der Waals surface area contributed by atoms with Gasteiger partial charge in [-0.25, -0.2) is 0 Å². The molecule has 1 aromatic rings. The van der Waals surface area contributed by atoms with Crippen LogP contribution in [0.3, 0.4) is 0 Å². The Labute approximate surface area is 170 Å². The third-order valence-electron chi connectivity index (χ3n) is 4.08. The highest BCUT2D eigenvalue weighted by Crippen LogP contribution is 2.35. The zero-order valence-corrected chi connectivity index (χ0v) is 17.5. The molecule has 7 heteroatoms. The molecule has 0 unspecified atom stereocenters. The summed E-state index contributed by atoms with van der Waals surface area (Å²) in [6.07, 6.45) is 1.31. The van der Waals surface area contributed by atoms with E-state index < -0.39 is 11.9 Å². The van der Waals surface area contributed by atoms with E-state index in [0.29, 0.717) is 34.6 Å². The molecule has 0 saturated heterocycles. The number of rotatable bonds is 10. The van der Waals surface area contributed by atoms with Crippen LogP contribution in [-0.2, 0) is 27.8 Å². The molecule has 0 fully saturated rings. The molecule has 0 atom stereocenters. The molecule has 0 heterocycles. The summed E-state index contributed by atoms with van der Waals surface area (Å²) < 4.78 is 0. The fourth-order valence-corrected chi connectivity index (χ4v) is 3.20. The molecule has 1 rings (SSSR count). The third kappa shape index (κ3) is 8.13. The van der Waals surface area contributed by atoms with Gasteiger partial charge in [-0.2, -0.15) is 0 Å². The van der Waals surface area contributed by atoms with Crippen molar-refractivity contribution in [3.8, 4) is 5.75 Å². The molecule has 0 radical (unpaired) electrons. The van der Waals surface area contributed by atoms with Crippen LogP contribution in [0, 0.1) is 0 Å². The average Bonchev–Trinajstić information content (AvgIpc) is 2.52. The van der Waals surface area contributed by atoms with Crippen molar-refractivity contribution in [2.45, 2.75) is 64.7 Å². The van der Waals surface area contributed by atoms with Crippen LogP contribution in [0.1, 0.15) is 63.1 Å². The van der Waals surface area contributed by atoms with E-state index in [1.165, 1.54) is 0 Å². The molecule has 0 bridgehead atoms. The summed E-state index contributed by atoms with van der Waals surface area (Å²) in [6.45, 7) is 5.96. The zero-order valence-electron chi connectivity index (χ0n) is 15.9. The second-order valence-corrected chi connectivity index (χ2v) is 8.77. The Kier molecular flexibility index (Phi) is 8.50. The van der Waals surface area contributed by atoms with Gasteiger partial charge in [-0.15, -0.1) is 0 Å². The van der Waals surface area contributed by atoms with Gasteiger partial charge in [0.1, 0.15) is 5.75 Å². The van der Waals surface area contributed by atoms with E-state index in [0.717, 1.165) is 11.1 Å². The first-order valence-electron chi connectivity index (χ1n) is 8.72. The molecule has 3 N–H and O–H groups in total. The van der Waals surface area contributed by atoms with Crippen LogP contribution in [0.4, 0.5) is 0 Å². The number of aliphatic carboxylic acids is 2.